The monoisotopic (exact) mass is 184 g/mol. The van der Waals surface area contributed by atoms with E-state index in [1.54, 1.807) is 13.3 Å². The number of anilines is 2. The molecule has 5 nitrogen and oxygen atoms in total. The number of nitrogens with zero attached hydrogens (tertiary/aromatic N) is 2. The Kier molecular flexibility index (Phi) is 3.13. The van der Waals surface area contributed by atoms with E-state index >= 15 is 0 Å². The summed E-state index contributed by atoms with van der Waals surface area (Å²) in [5.41, 5.74) is 6.58. The Hall–Kier alpha value is -1.23. The molecule has 13 heavy (non-hydrogen) atoms. The number of nitrogens with one attached hydrogen (secondary N) is 1. The van der Waals surface area contributed by atoms with Crippen molar-refractivity contribution in [2.24, 2.45) is 0 Å². The zero-order valence-electron chi connectivity index (χ0n) is 8.24. The first kappa shape index (κ1) is 9.85. The Morgan fingerprint density at radius 1 is 1.77 bits per heavy atom. The number of methoxy groups -OCH3 is 1. The fourth-order valence-corrected chi connectivity index (χ4v) is 1.16. The molecule has 0 aliphatic heterocycles. The van der Waals surface area contributed by atoms with Crippen molar-refractivity contribution in [1.29, 1.82) is 0 Å². The van der Waals surface area contributed by atoms with Gasteiger partial charge in [-0.1, -0.05) is 0 Å². The van der Waals surface area contributed by atoms with Crippen LogP contribution < -0.4 is 10.6 Å². The third kappa shape index (κ3) is 2.12. The Bertz CT molecular complexity index is 260. The van der Waals surface area contributed by atoms with Crippen LogP contribution in [0.5, 0.6) is 0 Å². The summed E-state index contributed by atoms with van der Waals surface area (Å²) in [6, 6.07) is 0.282. The zero-order chi connectivity index (χ0) is 9.84. The molecule has 0 radical (unpaired) electrons. The molecule has 0 bridgehead atoms. The van der Waals surface area contributed by atoms with Crippen LogP contribution in [0.3, 0.4) is 0 Å². The van der Waals surface area contributed by atoms with Crippen LogP contribution in [-0.2, 0) is 4.74 Å². The van der Waals surface area contributed by atoms with E-state index in [9.17, 15) is 0 Å². The van der Waals surface area contributed by atoms with Crippen LogP contribution in [0.1, 0.15) is 6.92 Å². The van der Waals surface area contributed by atoms with Gasteiger partial charge in [0.25, 0.3) is 0 Å². The van der Waals surface area contributed by atoms with Crippen molar-refractivity contribution in [3.05, 3.63) is 6.20 Å². The lowest BCUT2D eigenvalue weighted by Gasteiger charge is -2.25. The van der Waals surface area contributed by atoms with Crippen molar-refractivity contribution in [1.82, 2.24) is 10.2 Å². The highest BCUT2D eigenvalue weighted by atomic mass is 16.5. The van der Waals surface area contributed by atoms with Gasteiger partial charge in [-0.15, -0.1) is 0 Å². The maximum atomic E-state index is 5.67. The summed E-state index contributed by atoms with van der Waals surface area (Å²) in [4.78, 5) is 2.03. The maximum absolute atomic E-state index is 5.67. The molecule has 0 spiro atoms. The first-order chi connectivity index (χ1) is 6.16. The van der Waals surface area contributed by atoms with Crippen molar-refractivity contribution in [2.45, 2.75) is 13.0 Å². The molecular weight excluding hydrogens is 168 g/mol. The molecule has 1 atom stereocenters. The summed E-state index contributed by atoms with van der Waals surface area (Å²) in [6.45, 7) is 2.73. The third-order valence-corrected chi connectivity index (χ3v) is 2.10. The zero-order valence-corrected chi connectivity index (χ0v) is 8.24. The standard InChI is InChI=1S/C8H16N4O/c1-6(5-13-3)12(2)7-4-10-11-8(7)9/h4,6H,5H2,1-3H3,(H3,9,10,11). The molecule has 0 fully saturated rings. The summed E-state index contributed by atoms with van der Waals surface area (Å²) < 4.78 is 5.05. The molecule has 0 aliphatic rings. The van der Waals surface area contributed by atoms with Crippen LogP contribution in [0.25, 0.3) is 0 Å². The smallest absolute Gasteiger partial charge is 0.142 e. The van der Waals surface area contributed by atoms with Gasteiger partial charge in [-0.05, 0) is 6.92 Å². The van der Waals surface area contributed by atoms with Crippen LogP contribution in [0.4, 0.5) is 11.5 Å². The van der Waals surface area contributed by atoms with Crippen molar-refractivity contribution >= 4 is 11.5 Å². The second kappa shape index (κ2) is 4.13. The highest BCUT2D eigenvalue weighted by Gasteiger charge is 2.13. The van der Waals surface area contributed by atoms with Gasteiger partial charge in [-0.3, -0.25) is 5.10 Å². The molecule has 0 amide bonds. The number of hydrogen-bond donors (Lipinski definition) is 2. The lowest BCUT2D eigenvalue weighted by molar-refractivity contribution is 0.183. The average molecular weight is 184 g/mol. The highest BCUT2D eigenvalue weighted by molar-refractivity contribution is 5.62. The number of rotatable bonds is 4. The molecule has 3 N–H and O–H groups in total. The van der Waals surface area contributed by atoms with Gasteiger partial charge in [0, 0.05) is 20.2 Å². The summed E-state index contributed by atoms with van der Waals surface area (Å²) >= 11 is 0. The lowest BCUT2D eigenvalue weighted by Crippen LogP contribution is -2.32. The fraction of sp³-hybridized carbons (Fsp3) is 0.625. The predicted octanol–water partition coefficient (Wildman–Crippen LogP) is 0.463. The van der Waals surface area contributed by atoms with Crippen molar-refractivity contribution in [2.75, 3.05) is 31.4 Å². The largest absolute Gasteiger partial charge is 0.383 e. The van der Waals surface area contributed by atoms with E-state index in [-0.39, 0.29) is 6.04 Å². The minimum absolute atomic E-state index is 0.282. The molecule has 5 heteroatoms. The highest BCUT2D eigenvalue weighted by Crippen LogP contribution is 2.19. The molecule has 1 aromatic rings. The molecule has 74 valence electrons. The molecule has 1 rings (SSSR count). The van der Waals surface area contributed by atoms with E-state index in [4.69, 9.17) is 10.5 Å². The summed E-state index contributed by atoms with van der Waals surface area (Å²) in [5, 5.41) is 6.54. The van der Waals surface area contributed by atoms with Gasteiger partial charge in [0.05, 0.1) is 18.5 Å². The summed E-state index contributed by atoms with van der Waals surface area (Å²) in [6.07, 6.45) is 1.71. The lowest BCUT2D eigenvalue weighted by atomic mass is 10.3. The van der Waals surface area contributed by atoms with E-state index in [0.717, 1.165) is 5.69 Å². The SMILES string of the molecule is COCC(C)N(C)c1cn[nH]c1N. The van der Waals surface area contributed by atoms with Gasteiger partial charge >= 0.3 is 0 Å². The first-order valence-corrected chi connectivity index (χ1v) is 4.17. The molecule has 0 saturated heterocycles. The number of aromatic amines is 1. The number of ether oxygens (including phenoxy) is 1. The van der Waals surface area contributed by atoms with Gasteiger partial charge in [0.1, 0.15) is 5.82 Å². The number of hydrogen-bond acceptors (Lipinski definition) is 4. The first-order valence-electron chi connectivity index (χ1n) is 4.17. The molecule has 1 heterocycles. The van der Waals surface area contributed by atoms with Crippen LogP contribution in [0.15, 0.2) is 6.20 Å². The minimum atomic E-state index is 0.282. The van der Waals surface area contributed by atoms with Crippen LogP contribution in [0, 0.1) is 0 Å². The third-order valence-electron chi connectivity index (χ3n) is 2.10. The Balaban J connectivity index is 2.67. The molecule has 1 unspecified atom stereocenters. The molecule has 0 saturated carbocycles. The predicted molar refractivity (Wildman–Crippen MR) is 52.7 cm³/mol. The van der Waals surface area contributed by atoms with Crippen LogP contribution in [-0.4, -0.2) is 37.0 Å². The molecular formula is C8H16N4O. The Morgan fingerprint density at radius 3 is 2.92 bits per heavy atom. The van der Waals surface area contributed by atoms with E-state index in [1.165, 1.54) is 0 Å². The number of likely N-dealkylation sites (N-methyl/N-ethyl adjacent to an activating group) is 1. The summed E-state index contributed by atoms with van der Waals surface area (Å²) in [7, 11) is 3.65. The second-order valence-corrected chi connectivity index (χ2v) is 3.08. The van der Waals surface area contributed by atoms with Gasteiger partial charge in [0.2, 0.25) is 0 Å². The van der Waals surface area contributed by atoms with Crippen molar-refractivity contribution < 1.29 is 4.74 Å². The molecule has 0 aliphatic carbocycles. The number of nitrogen functional groups attached to an aromatic ring is 1. The maximum Gasteiger partial charge on any atom is 0.142 e. The number of nitrogens with two attached hydrogens (primary N) is 1. The van der Waals surface area contributed by atoms with Gasteiger partial charge in [-0.2, -0.15) is 5.10 Å². The molecule has 1 aromatic heterocycles. The van der Waals surface area contributed by atoms with Crippen LogP contribution in [0.2, 0.25) is 0 Å². The molecule has 0 aromatic carbocycles. The van der Waals surface area contributed by atoms with Gasteiger partial charge < -0.3 is 15.4 Å². The van der Waals surface area contributed by atoms with Crippen LogP contribution >= 0.6 is 0 Å². The average Bonchev–Trinajstić information content (AvgIpc) is 2.50. The van der Waals surface area contributed by atoms with E-state index in [2.05, 4.69) is 17.1 Å². The minimum Gasteiger partial charge on any atom is -0.383 e. The van der Waals surface area contributed by atoms with E-state index in [1.807, 2.05) is 11.9 Å². The topological polar surface area (TPSA) is 67.2 Å². The Morgan fingerprint density at radius 2 is 2.46 bits per heavy atom. The summed E-state index contributed by atoms with van der Waals surface area (Å²) in [5.74, 6) is 0.588. The van der Waals surface area contributed by atoms with Crippen molar-refractivity contribution in [3.63, 3.8) is 0 Å². The van der Waals surface area contributed by atoms with Crippen molar-refractivity contribution in [3.8, 4) is 0 Å². The number of H-pyrrole nitrogens is 1. The fourth-order valence-electron chi connectivity index (χ4n) is 1.16. The second-order valence-electron chi connectivity index (χ2n) is 3.08. The van der Waals surface area contributed by atoms with Gasteiger partial charge in [-0.25, -0.2) is 0 Å². The number of aromatic nitrogens is 2. The quantitative estimate of drug-likeness (QED) is 0.713. The Labute approximate surface area is 77.9 Å². The normalized spacial score (nSPS) is 12.8. The van der Waals surface area contributed by atoms with E-state index < -0.39 is 0 Å². The van der Waals surface area contributed by atoms with E-state index in [0.29, 0.717) is 12.4 Å². The van der Waals surface area contributed by atoms with Gasteiger partial charge in [0.15, 0.2) is 0 Å².